The Hall–Kier alpha value is -2.05. The predicted octanol–water partition coefficient (Wildman–Crippen LogP) is 3.54. The summed E-state index contributed by atoms with van der Waals surface area (Å²) < 4.78 is 18.9. The average Bonchev–Trinajstić information content (AvgIpc) is 2.47. The summed E-state index contributed by atoms with van der Waals surface area (Å²) in [5.74, 6) is -1.41. The van der Waals surface area contributed by atoms with Gasteiger partial charge in [0, 0.05) is 0 Å². The first-order chi connectivity index (χ1) is 10.4. The molecule has 116 valence electrons. The predicted molar refractivity (Wildman–Crippen MR) is 84.4 cm³/mol. The van der Waals surface area contributed by atoms with Crippen molar-refractivity contribution in [1.29, 1.82) is 0 Å². The molecule has 0 atom stereocenters. The summed E-state index contributed by atoms with van der Waals surface area (Å²) >= 11 is 11.8. The van der Waals surface area contributed by atoms with E-state index < -0.39 is 11.8 Å². The molecule has 22 heavy (non-hydrogen) atoms. The molecular formula is C14H12Cl2FN3O2. The second-order valence-corrected chi connectivity index (χ2v) is 5.08. The van der Waals surface area contributed by atoms with E-state index in [0.29, 0.717) is 0 Å². The molecule has 0 saturated carbocycles. The Balaban J connectivity index is 2.68. The van der Waals surface area contributed by atoms with Crippen LogP contribution in [0.4, 0.5) is 15.8 Å². The largest absolute Gasteiger partial charge is 0.461 e. The van der Waals surface area contributed by atoms with E-state index in [1.165, 1.54) is 12.1 Å². The fourth-order valence-corrected chi connectivity index (χ4v) is 2.17. The molecule has 0 bridgehead atoms. The Kier molecular flexibility index (Phi) is 4.73. The van der Waals surface area contributed by atoms with E-state index in [-0.39, 0.29) is 45.0 Å². The molecule has 5 nitrogen and oxygen atoms in total. The fraction of sp³-hybridized carbons (Fsp3) is 0.143. The number of nitrogen functional groups attached to an aromatic ring is 2. The molecule has 0 spiro atoms. The third-order valence-corrected chi connectivity index (χ3v) is 3.58. The summed E-state index contributed by atoms with van der Waals surface area (Å²) in [4.78, 5) is 15.9. The van der Waals surface area contributed by atoms with Gasteiger partial charge in [-0.05, 0) is 25.1 Å². The van der Waals surface area contributed by atoms with Crippen molar-refractivity contribution in [2.75, 3.05) is 18.1 Å². The first-order valence-corrected chi connectivity index (χ1v) is 6.99. The zero-order valence-electron chi connectivity index (χ0n) is 11.5. The highest BCUT2D eigenvalue weighted by molar-refractivity contribution is 6.36. The second kappa shape index (κ2) is 6.37. The molecule has 1 aromatic carbocycles. The highest BCUT2D eigenvalue weighted by Gasteiger charge is 2.21. The van der Waals surface area contributed by atoms with Gasteiger partial charge in [-0.1, -0.05) is 23.2 Å². The van der Waals surface area contributed by atoms with Crippen LogP contribution < -0.4 is 11.5 Å². The number of halogens is 3. The van der Waals surface area contributed by atoms with Crippen LogP contribution >= 0.6 is 23.2 Å². The number of esters is 1. The van der Waals surface area contributed by atoms with E-state index in [2.05, 4.69) is 4.98 Å². The van der Waals surface area contributed by atoms with Gasteiger partial charge in [-0.15, -0.1) is 0 Å². The molecule has 4 N–H and O–H groups in total. The quantitative estimate of drug-likeness (QED) is 0.656. The van der Waals surface area contributed by atoms with Gasteiger partial charge in [-0.3, -0.25) is 0 Å². The lowest BCUT2D eigenvalue weighted by molar-refractivity contribution is 0.0520. The van der Waals surface area contributed by atoms with E-state index in [9.17, 15) is 9.18 Å². The number of benzene rings is 1. The van der Waals surface area contributed by atoms with Crippen LogP contribution in [-0.2, 0) is 4.74 Å². The summed E-state index contributed by atoms with van der Waals surface area (Å²) in [6.45, 7) is 1.77. The van der Waals surface area contributed by atoms with Gasteiger partial charge in [0.1, 0.15) is 5.82 Å². The van der Waals surface area contributed by atoms with Crippen molar-refractivity contribution in [2.45, 2.75) is 6.92 Å². The number of ether oxygens (including phenoxy) is 1. The molecule has 0 fully saturated rings. The van der Waals surface area contributed by atoms with Gasteiger partial charge in [0.25, 0.3) is 0 Å². The number of hydrogen-bond donors (Lipinski definition) is 2. The normalized spacial score (nSPS) is 10.5. The summed E-state index contributed by atoms with van der Waals surface area (Å²) in [6.07, 6.45) is 0. The minimum atomic E-state index is -0.762. The minimum absolute atomic E-state index is 0.00861. The second-order valence-electron chi connectivity index (χ2n) is 4.30. The van der Waals surface area contributed by atoms with Crippen LogP contribution in [0.3, 0.4) is 0 Å². The SMILES string of the molecule is CCOC(=O)c1nc(-c2c(F)ccc(Cl)c2N)cc(N)c1Cl. The van der Waals surface area contributed by atoms with E-state index in [4.69, 9.17) is 39.4 Å². The minimum Gasteiger partial charge on any atom is -0.461 e. The molecule has 2 rings (SSSR count). The van der Waals surface area contributed by atoms with Gasteiger partial charge in [0.05, 0.1) is 39.3 Å². The molecule has 0 aliphatic rings. The van der Waals surface area contributed by atoms with Crippen molar-refractivity contribution in [3.8, 4) is 11.3 Å². The van der Waals surface area contributed by atoms with Crippen LogP contribution in [0, 0.1) is 5.82 Å². The van der Waals surface area contributed by atoms with Crippen LogP contribution in [-0.4, -0.2) is 17.6 Å². The van der Waals surface area contributed by atoms with Gasteiger partial charge < -0.3 is 16.2 Å². The molecule has 2 aromatic rings. The topological polar surface area (TPSA) is 91.2 Å². The van der Waals surface area contributed by atoms with E-state index in [0.717, 1.165) is 6.07 Å². The fourth-order valence-electron chi connectivity index (χ4n) is 1.84. The first kappa shape index (κ1) is 16.3. The molecule has 1 heterocycles. The number of aromatic nitrogens is 1. The highest BCUT2D eigenvalue weighted by atomic mass is 35.5. The standard InChI is InChI=1S/C14H12Cl2FN3O2/c1-2-22-14(21)13-11(16)8(18)5-9(20-13)10-7(17)4-3-6(15)12(10)19/h3-5H,2,19H2,1H3,(H2,18,20). The van der Waals surface area contributed by atoms with Crippen molar-refractivity contribution in [2.24, 2.45) is 0 Å². The zero-order chi connectivity index (χ0) is 16.4. The van der Waals surface area contributed by atoms with E-state index >= 15 is 0 Å². The number of anilines is 2. The Morgan fingerprint density at radius 2 is 2.05 bits per heavy atom. The molecule has 0 unspecified atom stereocenters. The molecule has 0 aliphatic heterocycles. The lowest BCUT2D eigenvalue weighted by Gasteiger charge is -2.12. The molecule has 0 radical (unpaired) electrons. The number of hydrogen-bond acceptors (Lipinski definition) is 5. The lowest BCUT2D eigenvalue weighted by Crippen LogP contribution is -2.10. The Morgan fingerprint density at radius 1 is 1.36 bits per heavy atom. The molecule has 8 heteroatoms. The van der Waals surface area contributed by atoms with Crippen molar-refractivity contribution in [1.82, 2.24) is 4.98 Å². The van der Waals surface area contributed by atoms with Crippen LogP contribution in [0.5, 0.6) is 0 Å². The van der Waals surface area contributed by atoms with Gasteiger partial charge in [-0.25, -0.2) is 14.2 Å². The van der Waals surface area contributed by atoms with Crippen LogP contribution in [0.15, 0.2) is 18.2 Å². The number of nitrogens with zero attached hydrogens (tertiary/aromatic N) is 1. The third kappa shape index (κ3) is 2.93. The highest BCUT2D eigenvalue weighted by Crippen LogP contribution is 2.36. The Morgan fingerprint density at radius 3 is 2.68 bits per heavy atom. The number of carbonyl (C=O) groups is 1. The smallest absolute Gasteiger partial charge is 0.358 e. The van der Waals surface area contributed by atoms with Crippen molar-refractivity contribution < 1.29 is 13.9 Å². The zero-order valence-corrected chi connectivity index (χ0v) is 13.0. The molecule has 0 aliphatic carbocycles. The van der Waals surface area contributed by atoms with Crippen LogP contribution in [0.2, 0.25) is 10.0 Å². The van der Waals surface area contributed by atoms with Crippen molar-refractivity contribution in [3.63, 3.8) is 0 Å². The van der Waals surface area contributed by atoms with Crippen LogP contribution in [0.25, 0.3) is 11.3 Å². The summed E-state index contributed by atoms with van der Waals surface area (Å²) in [5, 5.41) is 0.0904. The van der Waals surface area contributed by atoms with Gasteiger partial charge >= 0.3 is 5.97 Å². The summed E-state index contributed by atoms with van der Waals surface area (Å²) in [5.41, 5.74) is 11.4. The van der Waals surface area contributed by atoms with E-state index in [1.54, 1.807) is 6.92 Å². The van der Waals surface area contributed by atoms with Gasteiger partial charge in [-0.2, -0.15) is 0 Å². The summed E-state index contributed by atoms with van der Waals surface area (Å²) in [6, 6.07) is 3.78. The maximum absolute atomic E-state index is 14.1. The van der Waals surface area contributed by atoms with E-state index in [1.807, 2.05) is 0 Å². The molecular weight excluding hydrogens is 332 g/mol. The number of carbonyl (C=O) groups excluding carboxylic acids is 1. The maximum atomic E-state index is 14.1. The number of pyridine rings is 1. The third-order valence-electron chi connectivity index (χ3n) is 2.85. The van der Waals surface area contributed by atoms with Crippen LogP contribution in [0.1, 0.15) is 17.4 Å². The molecule has 1 aromatic heterocycles. The van der Waals surface area contributed by atoms with Gasteiger partial charge in [0.2, 0.25) is 0 Å². The molecule has 0 amide bonds. The Bertz CT molecular complexity index is 753. The lowest BCUT2D eigenvalue weighted by atomic mass is 10.1. The summed E-state index contributed by atoms with van der Waals surface area (Å²) in [7, 11) is 0. The van der Waals surface area contributed by atoms with Crippen molar-refractivity contribution >= 4 is 40.5 Å². The Labute approximate surface area is 136 Å². The monoisotopic (exact) mass is 343 g/mol. The first-order valence-electron chi connectivity index (χ1n) is 6.23. The number of rotatable bonds is 3. The molecule has 0 saturated heterocycles. The average molecular weight is 344 g/mol. The van der Waals surface area contributed by atoms with Gasteiger partial charge in [0.15, 0.2) is 5.69 Å². The van der Waals surface area contributed by atoms with Crippen molar-refractivity contribution in [3.05, 3.63) is 39.8 Å². The maximum Gasteiger partial charge on any atom is 0.358 e. The number of nitrogens with two attached hydrogens (primary N) is 2.